The number of carboxylic acid groups (broad SMARTS) is 1. The molecule has 1 aromatic rings. The third-order valence-electron chi connectivity index (χ3n) is 6.59. The Labute approximate surface area is 201 Å². The number of fused-ring (bicyclic) bond motifs is 1. The predicted octanol–water partition coefficient (Wildman–Crippen LogP) is 7.84. The zero-order valence-electron chi connectivity index (χ0n) is 22.2. The zero-order valence-corrected chi connectivity index (χ0v) is 22.2. The quantitative estimate of drug-likeness (QED) is 0.324. The fourth-order valence-corrected chi connectivity index (χ4v) is 4.75. The first kappa shape index (κ1) is 27.3. The van der Waals surface area contributed by atoms with Crippen LogP contribution in [0.4, 0.5) is 0 Å². The van der Waals surface area contributed by atoms with Crippen LogP contribution < -0.4 is 9.47 Å². The maximum absolute atomic E-state index is 11.5. The summed E-state index contributed by atoms with van der Waals surface area (Å²) in [4.78, 5) is 11.5. The van der Waals surface area contributed by atoms with Gasteiger partial charge in [0.05, 0.1) is 5.41 Å². The van der Waals surface area contributed by atoms with Gasteiger partial charge < -0.3 is 14.6 Å². The Morgan fingerprint density at radius 3 is 2.55 bits per heavy atom. The molecule has 0 aromatic heterocycles. The molecule has 186 valence electrons. The van der Waals surface area contributed by atoms with Crippen molar-refractivity contribution in [1.82, 2.24) is 0 Å². The fourth-order valence-electron chi connectivity index (χ4n) is 4.75. The van der Waals surface area contributed by atoms with Crippen molar-refractivity contribution in [2.45, 2.75) is 112 Å². The van der Waals surface area contributed by atoms with E-state index in [0.717, 1.165) is 42.2 Å². The maximum atomic E-state index is 11.5. The Kier molecular flexibility index (Phi) is 9.07. The molecule has 0 spiro atoms. The number of carboxylic acids is 1. The summed E-state index contributed by atoms with van der Waals surface area (Å²) in [5.74, 6) is 2.35. The van der Waals surface area contributed by atoms with Crippen LogP contribution in [0.1, 0.15) is 99.5 Å². The van der Waals surface area contributed by atoms with Crippen molar-refractivity contribution in [3.05, 3.63) is 35.9 Å². The SMILES string of the molecule is CC(C)CCCC(C)C/C=C/C1(C)CCc2cc(OC(C)(C)CC(C)(C)C(=O)O)ccc2O1. The number of ether oxygens (including phenoxy) is 2. The number of rotatable bonds is 12. The lowest BCUT2D eigenvalue weighted by atomic mass is 9.82. The number of benzene rings is 1. The molecule has 2 rings (SSSR count). The molecule has 0 aliphatic carbocycles. The number of hydrogen-bond acceptors (Lipinski definition) is 3. The molecule has 0 saturated heterocycles. The van der Waals surface area contributed by atoms with Gasteiger partial charge in [0.1, 0.15) is 22.7 Å². The molecule has 4 nitrogen and oxygen atoms in total. The summed E-state index contributed by atoms with van der Waals surface area (Å²) in [5, 5.41) is 9.45. The lowest BCUT2D eigenvalue weighted by Crippen LogP contribution is -2.38. The van der Waals surface area contributed by atoms with Gasteiger partial charge >= 0.3 is 5.97 Å². The summed E-state index contributed by atoms with van der Waals surface area (Å²) in [6, 6.07) is 5.97. The average molecular weight is 459 g/mol. The van der Waals surface area contributed by atoms with E-state index < -0.39 is 17.0 Å². The van der Waals surface area contributed by atoms with Crippen LogP contribution in [0.2, 0.25) is 0 Å². The molecule has 2 atom stereocenters. The minimum Gasteiger partial charge on any atom is -0.488 e. The first-order valence-electron chi connectivity index (χ1n) is 12.6. The van der Waals surface area contributed by atoms with Gasteiger partial charge in [-0.25, -0.2) is 0 Å². The first-order valence-corrected chi connectivity index (χ1v) is 12.6. The van der Waals surface area contributed by atoms with Crippen LogP contribution in [0.15, 0.2) is 30.4 Å². The summed E-state index contributed by atoms with van der Waals surface area (Å²) in [5.41, 5.74) is -0.568. The molecule has 1 aliphatic heterocycles. The predicted molar refractivity (Wildman–Crippen MR) is 136 cm³/mol. The number of hydrogen-bond donors (Lipinski definition) is 1. The van der Waals surface area contributed by atoms with E-state index in [1.54, 1.807) is 13.8 Å². The Morgan fingerprint density at radius 1 is 1.21 bits per heavy atom. The van der Waals surface area contributed by atoms with Crippen LogP contribution in [-0.2, 0) is 11.2 Å². The third-order valence-corrected chi connectivity index (χ3v) is 6.59. The zero-order chi connectivity index (χ0) is 24.9. The molecule has 1 aromatic carbocycles. The molecule has 33 heavy (non-hydrogen) atoms. The fraction of sp³-hybridized carbons (Fsp3) is 0.690. The summed E-state index contributed by atoms with van der Waals surface area (Å²) < 4.78 is 12.6. The molecule has 0 radical (unpaired) electrons. The Balaban J connectivity index is 1.95. The van der Waals surface area contributed by atoms with Crippen molar-refractivity contribution in [2.75, 3.05) is 0 Å². The van der Waals surface area contributed by atoms with E-state index in [1.807, 2.05) is 32.0 Å². The van der Waals surface area contributed by atoms with Crippen molar-refractivity contribution in [3.8, 4) is 11.5 Å². The molecular weight excluding hydrogens is 412 g/mol. The number of aliphatic carboxylic acids is 1. The van der Waals surface area contributed by atoms with Crippen LogP contribution >= 0.6 is 0 Å². The van der Waals surface area contributed by atoms with Gasteiger partial charge in [-0.05, 0) is 95.6 Å². The second kappa shape index (κ2) is 11.0. The molecule has 2 unspecified atom stereocenters. The standard InChI is InChI=1S/C29H46O4/c1-21(2)11-9-12-22(3)13-10-17-29(8)18-16-23-19-24(14-15-25(23)33-29)32-28(6,7)20-27(4,5)26(30)31/h10,14-15,17,19,21-22H,9,11-13,16,18,20H2,1-8H3,(H,30,31)/b17-10+. The molecule has 0 amide bonds. The van der Waals surface area contributed by atoms with Gasteiger partial charge in [-0.1, -0.05) is 46.1 Å². The van der Waals surface area contributed by atoms with Crippen LogP contribution in [-0.4, -0.2) is 22.3 Å². The van der Waals surface area contributed by atoms with E-state index in [4.69, 9.17) is 9.47 Å². The lowest BCUT2D eigenvalue weighted by molar-refractivity contribution is -0.149. The molecular formula is C29H46O4. The van der Waals surface area contributed by atoms with Gasteiger partial charge in [-0.15, -0.1) is 0 Å². The average Bonchev–Trinajstić information content (AvgIpc) is 2.66. The third kappa shape index (κ3) is 8.72. The van der Waals surface area contributed by atoms with Crippen LogP contribution in [0.5, 0.6) is 11.5 Å². The monoisotopic (exact) mass is 458 g/mol. The maximum Gasteiger partial charge on any atom is 0.309 e. The minimum atomic E-state index is -0.846. The second-order valence-electron chi connectivity index (χ2n) is 12.0. The molecule has 0 bridgehead atoms. The van der Waals surface area contributed by atoms with E-state index in [9.17, 15) is 9.90 Å². The molecule has 1 heterocycles. The Hall–Kier alpha value is -1.97. The summed E-state index contributed by atoms with van der Waals surface area (Å²) in [7, 11) is 0. The normalized spacial score (nSPS) is 19.9. The Bertz CT molecular complexity index is 821. The van der Waals surface area contributed by atoms with Crippen LogP contribution in [0, 0.1) is 17.3 Å². The van der Waals surface area contributed by atoms with E-state index in [-0.39, 0.29) is 5.60 Å². The van der Waals surface area contributed by atoms with Gasteiger partial charge in [0, 0.05) is 6.42 Å². The van der Waals surface area contributed by atoms with Crippen molar-refractivity contribution < 1.29 is 19.4 Å². The highest BCUT2D eigenvalue weighted by Gasteiger charge is 2.36. The topological polar surface area (TPSA) is 55.8 Å². The second-order valence-corrected chi connectivity index (χ2v) is 12.0. The van der Waals surface area contributed by atoms with E-state index >= 15 is 0 Å². The van der Waals surface area contributed by atoms with Gasteiger partial charge in [-0.2, -0.15) is 0 Å². The van der Waals surface area contributed by atoms with Crippen LogP contribution in [0.3, 0.4) is 0 Å². The van der Waals surface area contributed by atoms with E-state index in [2.05, 4.69) is 39.8 Å². The molecule has 4 heteroatoms. The van der Waals surface area contributed by atoms with Crippen molar-refractivity contribution in [1.29, 1.82) is 0 Å². The lowest BCUT2D eigenvalue weighted by Gasteiger charge is -2.35. The smallest absolute Gasteiger partial charge is 0.309 e. The molecule has 1 N–H and O–H groups in total. The molecule has 0 saturated carbocycles. The summed E-state index contributed by atoms with van der Waals surface area (Å²) >= 11 is 0. The number of allylic oxidation sites excluding steroid dienone is 1. The Morgan fingerprint density at radius 2 is 1.91 bits per heavy atom. The largest absolute Gasteiger partial charge is 0.488 e. The number of aryl methyl sites for hydroxylation is 1. The van der Waals surface area contributed by atoms with Gasteiger partial charge in [0.15, 0.2) is 0 Å². The van der Waals surface area contributed by atoms with Gasteiger partial charge in [0.25, 0.3) is 0 Å². The van der Waals surface area contributed by atoms with Crippen LogP contribution in [0.25, 0.3) is 0 Å². The molecule has 1 aliphatic rings. The van der Waals surface area contributed by atoms with Crippen molar-refractivity contribution in [2.24, 2.45) is 17.3 Å². The summed E-state index contributed by atoms with van der Waals surface area (Å²) in [6.45, 7) is 16.4. The van der Waals surface area contributed by atoms with Gasteiger partial charge in [-0.3, -0.25) is 4.79 Å². The molecule has 0 fully saturated rings. The van der Waals surface area contributed by atoms with Crippen molar-refractivity contribution >= 4 is 5.97 Å². The highest BCUT2D eigenvalue weighted by molar-refractivity contribution is 5.73. The summed E-state index contributed by atoms with van der Waals surface area (Å²) in [6.07, 6.45) is 11.8. The van der Waals surface area contributed by atoms with E-state index in [1.165, 1.54) is 19.3 Å². The highest BCUT2D eigenvalue weighted by Crippen LogP contribution is 2.38. The van der Waals surface area contributed by atoms with E-state index in [0.29, 0.717) is 12.3 Å². The van der Waals surface area contributed by atoms with Crippen molar-refractivity contribution in [3.63, 3.8) is 0 Å². The highest BCUT2D eigenvalue weighted by atomic mass is 16.5. The number of carbonyl (C=O) groups is 1. The first-order chi connectivity index (χ1) is 15.2. The van der Waals surface area contributed by atoms with Gasteiger partial charge in [0.2, 0.25) is 0 Å². The minimum absolute atomic E-state index is 0.280.